The van der Waals surface area contributed by atoms with Crippen LogP contribution in [0.25, 0.3) is 11.1 Å². The van der Waals surface area contributed by atoms with Gasteiger partial charge in [0, 0.05) is 49.4 Å². The highest BCUT2D eigenvalue weighted by Crippen LogP contribution is 2.33. The van der Waals surface area contributed by atoms with Gasteiger partial charge in [-0.3, -0.25) is 14.8 Å². The summed E-state index contributed by atoms with van der Waals surface area (Å²) in [5.74, 6) is 0.906. The van der Waals surface area contributed by atoms with Crippen molar-refractivity contribution in [1.29, 1.82) is 0 Å². The first-order chi connectivity index (χ1) is 13.2. The lowest BCUT2D eigenvalue weighted by Gasteiger charge is -2.33. The van der Waals surface area contributed by atoms with Gasteiger partial charge in [0.15, 0.2) is 0 Å². The van der Waals surface area contributed by atoms with E-state index >= 15 is 0 Å². The molecule has 6 nitrogen and oxygen atoms in total. The minimum Gasteiger partial charge on any atom is -0.337 e. The van der Waals surface area contributed by atoms with Crippen LogP contribution in [0.4, 0.5) is 0 Å². The predicted molar refractivity (Wildman–Crippen MR) is 102 cm³/mol. The molecule has 6 heteroatoms. The highest BCUT2D eigenvalue weighted by atomic mass is 16.2. The summed E-state index contributed by atoms with van der Waals surface area (Å²) in [5.41, 5.74) is 3.56. The van der Waals surface area contributed by atoms with Gasteiger partial charge in [0.1, 0.15) is 11.5 Å². The zero-order valence-electron chi connectivity index (χ0n) is 15.2. The quantitative estimate of drug-likeness (QED) is 0.718. The molecule has 27 heavy (non-hydrogen) atoms. The lowest BCUT2D eigenvalue weighted by Crippen LogP contribution is -2.39. The lowest BCUT2D eigenvalue weighted by molar-refractivity contribution is 0.0700. The van der Waals surface area contributed by atoms with Crippen molar-refractivity contribution >= 4 is 5.91 Å². The fourth-order valence-corrected chi connectivity index (χ4v) is 3.59. The second kappa shape index (κ2) is 7.61. The second-order valence-corrected chi connectivity index (χ2v) is 6.76. The van der Waals surface area contributed by atoms with Gasteiger partial charge < -0.3 is 4.90 Å². The van der Waals surface area contributed by atoms with E-state index in [2.05, 4.69) is 15.0 Å². The number of carbonyl (C=O) groups excluding carboxylic acids is 1. The highest BCUT2D eigenvalue weighted by molar-refractivity contribution is 5.92. The van der Waals surface area contributed by atoms with Gasteiger partial charge in [0.05, 0.1) is 5.69 Å². The van der Waals surface area contributed by atoms with E-state index in [0.717, 1.165) is 42.0 Å². The maximum atomic E-state index is 12.8. The first-order valence-electron chi connectivity index (χ1n) is 9.16. The minimum atomic E-state index is -0.0171. The Balaban J connectivity index is 1.64. The van der Waals surface area contributed by atoms with Crippen molar-refractivity contribution in [3.63, 3.8) is 0 Å². The summed E-state index contributed by atoms with van der Waals surface area (Å²) in [4.78, 5) is 32.2. The molecule has 0 saturated carbocycles. The molecule has 1 atom stereocenters. The Morgan fingerprint density at radius 1 is 1.11 bits per heavy atom. The third kappa shape index (κ3) is 3.69. The molecule has 0 radical (unpaired) electrons. The number of aromatic nitrogens is 4. The number of pyridine rings is 2. The van der Waals surface area contributed by atoms with Crippen LogP contribution in [-0.2, 0) is 0 Å². The molecule has 1 amide bonds. The van der Waals surface area contributed by atoms with Crippen LogP contribution < -0.4 is 0 Å². The van der Waals surface area contributed by atoms with Gasteiger partial charge >= 0.3 is 0 Å². The summed E-state index contributed by atoms with van der Waals surface area (Å²) < 4.78 is 0. The molecule has 1 aliphatic rings. The molecule has 0 unspecified atom stereocenters. The molecule has 0 aromatic carbocycles. The van der Waals surface area contributed by atoms with E-state index in [0.29, 0.717) is 12.2 Å². The van der Waals surface area contributed by atoms with Crippen molar-refractivity contribution in [2.75, 3.05) is 13.1 Å². The van der Waals surface area contributed by atoms with Crippen molar-refractivity contribution in [2.45, 2.75) is 25.7 Å². The molecule has 1 saturated heterocycles. The Bertz CT molecular complexity index is 930. The van der Waals surface area contributed by atoms with E-state index in [4.69, 9.17) is 4.98 Å². The van der Waals surface area contributed by atoms with Gasteiger partial charge in [0.2, 0.25) is 0 Å². The monoisotopic (exact) mass is 359 g/mol. The third-order valence-corrected chi connectivity index (χ3v) is 4.91. The maximum absolute atomic E-state index is 12.8. The molecule has 0 N–H and O–H groups in total. The highest BCUT2D eigenvalue weighted by Gasteiger charge is 2.28. The van der Waals surface area contributed by atoms with Crippen LogP contribution in [0.5, 0.6) is 0 Å². The third-order valence-electron chi connectivity index (χ3n) is 4.91. The lowest BCUT2D eigenvalue weighted by atomic mass is 9.90. The van der Waals surface area contributed by atoms with Crippen LogP contribution in [0.1, 0.15) is 40.8 Å². The maximum Gasteiger partial charge on any atom is 0.272 e. The van der Waals surface area contributed by atoms with Crippen LogP contribution >= 0.6 is 0 Å². The Morgan fingerprint density at radius 2 is 1.96 bits per heavy atom. The Morgan fingerprint density at radius 3 is 2.74 bits per heavy atom. The smallest absolute Gasteiger partial charge is 0.272 e. The number of aryl methyl sites for hydroxylation is 1. The molecule has 4 heterocycles. The standard InChI is InChI=1S/C21H21N5O/c1-15-24-13-18(16-7-10-22-11-8-16)20(25-15)17-5-4-12-26(14-17)21(27)19-6-2-3-9-23-19/h2-3,6-11,13,17H,4-5,12,14H2,1H3/t17-/m1/s1. The number of nitrogens with zero attached hydrogens (tertiary/aromatic N) is 5. The molecule has 136 valence electrons. The zero-order valence-corrected chi connectivity index (χ0v) is 15.2. The van der Waals surface area contributed by atoms with Crippen molar-refractivity contribution in [3.05, 3.63) is 72.3 Å². The number of amides is 1. The van der Waals surface area contributed by atoms with E-state index in [-0.39, 0.29) is 11.8 Å². The number of likely N-dealkylation sites (tertiary alicyclic amines) is 1. The summed E-state index contributed by atoms with van der Waals surface area (Å²) in [6, 6.07) is 9.37. The molecular formula is C21H21N5O. The summed E-state index contributed by atoms with van der Waals surface area (Å²) in [6.07, 6.45) is 9.03. The van der Waals surface area contributed by atoms with Gasteiger partial charge in [-0.2, -0.15) is 0 Å². The van der Waals surface area contributed by atoms with Crippen LogP contribution in [0.3, 0.4) is 0 Å². The summed E-state index contributed by atoms with van der Waals surface area (Å²) in [7, 11) is 0. The predicted octanol–water partition coefficient (Wildman–Crippen LogP) is 3.26. The van der Waals surface area contributed by atoms with Gasteiger partial charge in [-0.1, -0.05) is 6.07 Å². The van der Waals surface area contributed by atoms with E-state index in [1.165, 1.54) is 0 Å². The Hall–Kier alpha value is -3.15. The number of piperidine rings is 1. The van der Waals surface area contributed by atoms with Crippen LogP contribution in [0.15, 0.2) is 55.1 Å². The van der Waals surface area contributed by atoms with Gasteiger partial charge in [-0.15, -0.1) is 0 Å². The number of rotatable bonds is 3. The van der Waals surface area contributed by atoms with E-state index in [1.807, 2.05) is 42.3 Å². The molecule has 1 aliphatic heterocycles. The van der Waals surface area contributed by atoms with Crippen molar-refractivity contribution < 1.29 is 4.79 Å². The van der Waals surface area contributed by atoms with Crippen LogP contribution in [0.2, 0.25) is 0 Å². The molecule has 4 rings (SSSR count). The first-order valence-corrected chi connectivity index (χ1v) is 9.16. The Labute approximate surface area is 158 Å². The second-order valence-electron chi connectivity index (χ2n) is 6.76. The topological polar surface area (TPSA) is 71.9 Å². The largest absolute Gasteiger partial charge is 0.337 e. The SMILES string of the molecule is Cc1ncc(-c2ccncc2)c([C@@H]2CCCN(C(=O)c3ccccn3)C2)n1. The zero-order chi connectivity index (χ0) is 18.6. The molecular weight excluding hydrogens is 338 g/mol. The van der Waals surface area contributed by atoms with Crippen molar-refractivity contribution in [3.8, 4) is 11.1 Å². The molecule has 3 aromatic heterocycles. The number of hydrogen-bond acceptors (Lipinski definition) is 5. The minimum absolute atomic E-state index is 0.0171. The summed E-state index contributed by atoms with van der Waals surface area (Å²) >= 11 is 0. The van der Waals surface area contributed by atoms with Crippen molar-refractivity contribution in [1.82, 2.24) is 24.8 Å². The Kier molecular flexibility index (Phi) is 4.87. The normalized spacial score (nSPS) is 16.9. The van der Waals surface area contributed by atoms with E-state index < -0.39 is 0 Å². The fourth-order valence-electron chi connectivity index (χ4n) is 3.59. The number of hydrogen-bond donors (Lipinski definition) is 0. The average Bonchev–Trinajstić information content (AvgIpc) is 2.74. The first kappa shape index (κ1) is 17.3. The fraction of sp³-hybridized carbons (Fsp3) is 0.286. The molecule has 0 spiro atoms. The van der Waals surface area contributed by atoms with E-state index in [1.54, 1.807) is 24.7 Å². The van der Waals surface area contributed by atoms with Crippen molar-refractivity contribution in [2.24, 2.45) is 0 Å². The average molecular weight is 359 g/mol. The molecule has 0 bridgehead atoms. The van der Waals surface area contributed by atoms with E-state index in [9.17, 15) is 4.79 Å². The van der Waals surface area contributed by atoms with Gasteiger partial charge in [-0.05, 0) is 49.6 Å². The molecule has 1 fully saturated rings. The summed E-state index contributed by atoms with van der Waals surface area (Å²) in [6.45, 7) is 3.30. The van der Waals surface area contributed by atoms with Gasteiger partial charge in [-0.25, -0.2) is 9.97 Å². The van der Waals surface area contributed by atoms with Crippen LogP contribution in [0, 0.1) is 6.92 Å². The number of carbonyl (C=O) groups is 1. The molecule has 0 aliphatic carbocycles. The summed E-state index contributed by atoms with van der Waals surface area (Å²) in [5, 5.41) is 0. The molecule has 3 aromatic rings. The van der Waals surface area contributed by atoms with Gasteiger partial charge in [0.25, 0.3) is 5.91 Å². The van der Waals surface area contributed by atoms with Crippen LogP contribution in [-0.4, -0.2) is 43.8 Å².